The highest BCUT2D eigenvalue weighted by molar-refractivity contribution is 7.09. The zero-order chi connectivity index (χ0) is 15.4. The number of urea groups is 1. The van der Waals surface area contributed by atoms with Crippen molar-refractivity contribution in [3.63, 3.8) is 0 Å². The third-order valence-electron chi connectivity index (χ3n) is 3.58. The molecule has 5 nitrogen and oxygen atoms in total. The second kappa shape index (κ2) is 6.93. The number of carboxylic acids is 1. The smallest absolute Gasteiger partial charge is 0.320 e. The molecule has 2 rings (SSSR count). The van der Waals surface area contributed by atoms with Crippen LogP contribution >= 0.6 is 11.3 Å². The Balaban J connectivity index is 2.05. The lowest BCUT2D eigenvalue weighted by atomic mass is 10.3. The predicted molar refractivity (Wildman–Crippen MR) is 82.4 cm³/mol. The first-order chi connectivity index (χ1) is 9.99. The summed E-state index contributed by atoms with van der Waals surface area (Å²) in [5.41, 5.74) is 0. The number of carbonyl (C=O) groups is 2. The quantitative estimate of drug-likeness (QED) is 0.842. The summed E-state index contributed by atoms with van der Waals surface area (Å²) >= 11 is 1.63. The predicted octanol–water partition coefficient (Wildman–Crippen LogP) is 3.02. The normalized spacial score (nSPS) is 14.2. The number of aliphatic carboxylic acids is 1. The third-order valence-corrected chi connectivity index (χ3v) is 4.44. The van der Waals surface area contributed by atoms with Crippen molar-refractivity contribution in [2.45, 2.75) is 51.7 Å². The van der Waals surface area contributed by atoms with Crippen LogP contribution in [0.2, 0.25) is 0 Å². The molecule has 0 unspecified atom stereocenters. The number of rotatable bonds is 7. The maximum Gasteiger partial charge on any atom is 0.320 e. The van der Waals surface area contributed by atoms with Gasteiger partial charge in [0, 0.05) is 23.5 Å². The minimum absolute atomic E-state index is 0.00712. The Labute approximate surface area is 129 Å². The highest BCUT2D eigenvalue weighted by Gasteiger charge is 2.35. The molecule has 21 heavy (non-hydrogen) atoms. The lowest BCUT2D eigenvalue weighted by Crippen LogP contribution is -2.47. The molecule has 1 aliphatic rings. The Bertz CT molecular complexity index is 483. The molecule has 0 saturated heterocycles. The molecule has 6 heteroatoms. The van der Waals surface area contributed by atoms with Gasteiger partial charge in [0.15, 0.2) is 0 Å². The van der Waals surface area contributed by atoms with E-state index in [1.165, 1.54) is 0 Å². The van der Waals surface area contributed by atoms with Crippen LogP contribution in [0.4, 0.5) is 4.79 Å². The summed E-state index contributed by atoms with van der Waals surface area (Å²) in [6.07, 6.45) is 1.97. The van der Waals surface area contributed by atoms with Crippen LogP contribution in [0.15, 0.2) is 17.5 Å². The van der Waals surface area contributed by atoms with Gasteiger partial charge in [-0.05, 0) is 38.1 Å². The average molecular weight is 310 g/mol. The zero-order valence-corrected chi connectivity index (χ0v) is 13.3. The monoisotopic (exact) mass is 310 g/mol. The maximum absolute atomic E-state index is 12.8. The summed E-state index contributed by atoms with van der Waals surface area (Å²) < 4.78 is 0. The molecule has 0 bridgehead atoms. The Morgan fingerprint density at radius 1 is 1.43 bits per heavy atom. The van der Waals surface area contributed by atoms with E-state index in [9.17, 15) is 9.59 Å². The highest BCUT2D eigenvalue weighted by atomic mass is 32.1. The van der Waals surface area contributed by atoms with Crippen LogP contribution in [0.1, 0.15) is 38.0 Å². The van der Waals surface area contributed by atoms with Gasteiger partial charge in [0.1, 0.15) is 0 Å². The van der Waals surface area contributed by atoms with Crippen LogP contribution < -0.4 is 0 Å². The molecule has 2 amide bonds. The first-order valence-corrected chi connectivity index (χ1v) is 8.18. The third kappa shape index (κ3) is 4.46. The molecule has 0 aromatic carbocycles. The molecule has 1 fully saturated rings. The van der Waals surface area contributed by atoms with E-state index in [-0.39, 0.29) is 24.5 Å². The van der Waals surface area contributed by atoms with Crippen LogP contribution in [0.25, 0.3) is 0 Å². The van der Waals surface area contributed by atoms with E-state index >= 15 is 0 Å². The van der Waals surface area contributed by atoms with Gasteiger partial charge in [-0.15, -0.1) is 11.3 Å². The number of nitrogens with zero attached hydrogens (tertiary/aromatic N) is 2. The fourth-order valence-corrected chi connectivity index (χ4v) is 2.95. The van der Waals surface area contributed by atoms with E-state index in [4.69, 9.17) is 5.11 Å². The van der Waals surface area contributed by atoms with Gasteiger partial charge in [-0.2, -0.15) is 0 Å². The largest absolute Gasteiger partial charge is 0.481 e. The van der Waals surface area contributed by atoms with Crippen molar-refractivity contribution in [1.82, 2.24) is 9.80 Å². The Morgan fingerprint density at radius 2 is 2.14 bits per heavy atom. The van der Waals surface area contributed by atoms with Crippen molar-refractivity contribution >= 4 is 23.3 Å². The molecule has 1 saturated carbocycles. The lowest BCUT2D eigenvalue weighted by molar-refractivity contribution is -0.137. The van der Waals surface area contributed by atoms with Gasteiger partial charge in [-0.3, -0.25) is 4.79 Å². The molecule has 1 aromatic heterocycles. The van der Waals surface area contributed by atoms with Gasteiger partial charge in [0.2, 0.25) is 0 Å². The molecule has 0 spiro atoms. The minimum atomic E-state index is -0.859. The Morgan fingerprint density at radius 3 is 2.62 bits per heavy atom. The van der Waals surface area contributed by atoms with Crippen LogP contribution in [-0.4, -0.2) is 45.5 Å². The summed E-state index contributed by atoms with van der Waals surface area (Å²) in [5.74, 6) is -0.859. The second-order valence-electron chi connectivity index (χ2n) is 5.65. The molecular formula is C15H22N2O3S. The molecule has 1 aromatic rings. The molecular weight excluding hydrogens is 288 g/mol. The first-order valence-electron chi connectivity index (χ1n) is 7.30. The van der Waals surface area contributed by atoms with E-state index in [1.807, 2.05) is 36.3 Å². The average Bonchev–Trinajstić information content (AvgIpc) is 3.11. The number of carboxylic acid groups (broad SMARTS) is 1. The SMILES string of the molecule is CC(C)N(Cc1cccs1)C(=O)N(CCC(=O)O)C1CC1. The first kappa shape index (κ1) is 15.8. The second-order valence-corrected chi connectivity index (χ2v) is 6.68. The summed E-state index contributed by atoms with van der Waals surface area (Å²) in [5, 5.41) is 10.9. The van der Waals surface area contributed by atoms with Gasteiger partial charge in [-0.1, -0.05) is 6.07 Å². The van der Waals surface area contributed by atoms with E-state index in [2.05, 4.69) is 0 Å². The van der Waals surface area contributed by atoms with Crippen LogP contribution in [0.5, 0.6) is 0 Å². The van der Waals surface area contributed by atoms with Crippen molar-refractivity contribution in [3.8, 4) is 0 Å². The lowest BCUT2D eigenvalue weighted by Gasteiger charge is -2.33. The van der Waals surface area contributed by atoms with Crippen molar-refractivity contribution in [2.24, 2.45) is 0 Å². The van der Waals surface area contributed by atoms with Crippen molar-refractivity contribution in [2.75, 3.05) is 6.54 Å². The van der Waals surface area contributed by atoms with E-state index in [1.54, 1.807) is 16.2 Å². The van der Waals surface area contributed by atoms with E-state index in [0.29, 0.717) is 13.1 Å². The van der Waals surface area contributed by atoms with E-state index in [0.717, 1.165) is 17.7 Å². The number of hydrogen-bond donors (Lipinski definition) is 1. The van der Waals surface area contributed by atoms with Gasteiger partial charge >= 0.3 is 12.0 Å². The summed E-state index contributed by atoms with van der Waals surface area (Å²) in [7, 11) is 0. The summed E-state index contributed by atoms with van der Waals surface area (Å²) in [4.78, 5) is 28.3. The number of thiophene rings is 1. The van der Waals surface area contributed by atoms with Crippen molar-refractivity contribution < 1.29 is 14.7 Å². The fourth-order valence-electron chi connectivity index (χ4n) is 2.24. The van der Waals surface area contributed by atoms with Crippen molar-refractivity contribution in [3.05, 3.63) is 22.4 Å². The maximum atomic E-state index is 12.8. The molecule has 1 heterocycles. The zero-order valence-electron chi connectivity index (χ0n) is 12.5. The molecule has 0 radical (unpaired) electrons. The Hall–Kier alpha value is -1.56. The topological polar surface area (TPSA) is 60.9 Å². The van der Waals surface area contributed by atoms with Gasteiger partial charge in [-0.25, -0.2) is 4.79 Å². The summed E-state index contributed by atoms with van der Waals surface area (Å²) in [6, 6.07) is 4.27. The molecule has 116 valence electrons. The molecule has 0 aliphatic heterocycles. The van der Waals surface area contributed by atoms with Gasteiger partial charge in [0.25, 0.3) is 0 Å². The molecule has 1 aliphatic carbocycles. The van der Waals surface area contributed by atoms with Crippen LogP contribution in [0, 0.1) is 0 Å². The standard InChI is InChI=1S/C15H22N2O3S/c1-11(2)17(10-13-4-3-9-21-13)15(20)16(12-5-6-12)8-7-14(18)19/h3-4,9,11-12H,5-8,10H2,1-2H3,(H,18,19). The van der Waals surface area contributed by atoms with Gasteiger partial charge < -0.3 is 14.9 Å². The summed E-state index contributed by atoms with van der Waals surface area (Å²) in [6.45, 7) is 4.87. The molecule has 0 atom stereocenters. The van der Waals surface area contributed by atoms with E-state index < -0.39 is 5.97 Å². The number of hydrogen-bond acceptors (Lipinski definition) is 3. The number of carbonyl (C=O) groups excluding carboxylic acids is 1. The van der Waals surface area contributed by atoms with Gasteiger partial charge in [0.05, 0.1) is 13.0 Å². The van der Waals surface area contributed by atoms with Crippen LogP contribution in [-0.2, 0) is 11.3 Å². The number of amides is 2. The fraction of sp³-hybridized carbons (Fsp3) is 0.600. The van der Waals surface area contributed by atoms with Crippen LogP contribution in [0.3, 0.4) is 0 Å². The molecule has 1 N–H and O–H groups in total. The minimum Gasteiger partial charge on any atom is -0.481 e. The Kier molecular flexibility index (Phi) is 5.22. The highest BCUT2D eigenvalue weighted by Crippen LogP contribution is 2.29. The van der Waals surface area contributed by atoms with Crippen molar-refractivity contribution in [1.29, 1.82) is 0 Å².